The summed E-state index contributed by atoms with van der Waals surface area (Å²) in [7, 11) is -1.72. The van der Waals surface area contributed by atoms with Gasteiger partial charge in [-0.25, -0.2) is 4.21 Å². The lowest BCUT2D eigenvalue weighted by atomic mass is 9.91. The molecule has 1 heterocycles. The number of benzene rings is 2. The third kappa shape index (κ3) is 10.3. The van der Waals surface area contributed by atoms with Gasteiger partial charge < -0.3 is 29.7 Å². The third-order valence-electron chi connectivity index (χ3n) is 7.33. The molecule has 2 aromatic carbocycles. The number of ether oxygens (including phenoxy) is 2. The van der Waals surface area contributed by atoms with Gasteiger partial charge in [0.05, 0.1) is 28.9 Å². The van der Waals surface area contributed by atoms with Crippen molar-refractivity contribution >= 4 is 34.7 Å². The van der Waals surface area contributed by atoms with Gasteiger partial charge in [0.2, 0.25) is 6.41 Å². The summed E-state index contributed by atoms with van der Waals surface area (Å²) in [5.74, 6) is -2.06. The molecule has 0 spiro atoms. The van der Waals surface area contributed by atoms with Crippen LogP contribution < -0.4 is 14.4 Å². The van der Waals surface area contributed by atoms with Crippen molar-refractivity contribution in [3.8, 4) is 5.75 Å². The summed E-state index contributed by atoms with van der Waals surface area (Å²) in [6, 6.07) is 11.2. The van der Waals surface area contributed by atoms with Gasteiger partial charge in [0.15, 0.2) is 11.0 Å². The Bertz CT molecular complexity index is 1280. The van der Waals surface area contributed by atoms with Crippen LogP contribution in [0.15, 0.2) is 53.4 Å². The Morgan fingerprint density at radius 1 is 1.21 bits per heavy atom. The lowest BCUT2D eigenvalue weighted by molar-refractivity contribution is -0.337. The van der Waals surface area contributed by atoms with Crippen LogP contribution in [0.3, 0.4) is 0 Å². The van der Waals surface area contributed by atoms with Gasteiger partial charge >= 0.3 is 0 Å². The van der Waals surface area contributed by atoms with Crippen LogP contribution in [0.2, 0.25) is 5.02 Å². The lowest BCUT2D eigenvalue weighted by Crippen LogP contribution is -2.38. The summed E-state index contributed by atoms with van der Waals surface area (Å²) in [6.45, 7) is 10.8. The predicted octanol–water partition coefficient (Wildman–Crippen LogP) is 4.83. The highest BCUT2D eigenvalue weighted by Gasteiger charge is 2.30. The van der Waals surface area contributed by atoms with E-state index in [-0.39, 0.29) is 11.8 Å². The maximum absolute atomic E-state index is 12.6. The Hall–Kier alpha value is -2.47. The van der Waals surface area contributed by atoms with Crippen LogP contribution in [-0.2, 0) is 26.9 Å². The Labute approximate surface area is 262 Å². The van der Waals surface area contributed by atoms with E-state index in [1.807, 2.05) is 19.1 Å². The fourth-order valence-electron chi connectivity index (χ4n) is 5.36. The third-order valence-corrected chi connectivity index (χ3v) is 8.56. The Morgan fingerprint density at radius 2 is 1.95 bits per heavy atom. The molecule has 4 N–H and O–H groups in total. The van der Waals surface area contributed by atoms with Gasteiger partial charge in [0.1, 0.15) is 5.75 Å². The number of carbonyl (C=O) groups excluding carboxylic acids is 1. The van der Waals surface area contributed by atoms with Crippen molar-refractivity contribution in [2.45, 2.75) is 88.8 Å². The minimum atomic E-state index is -2.51. The summed E-state index contributed by atoms with van der Waals surface area (Å²) >= 11 is 6.34. The van der Waals surface area contributed by atoms with E-state index in [2.05, 4.69) is 22.6 Å². The molecule has 11 heteroatoms. The molecule has 0 fully saturated rings. The number of halogens is 1. The van der Waals surface area contributed by atoms with E-state index in [0.29, 0.717) is 54.6 Å². The molecule has 4 atom stereocenters. The number of hydrogen-bond acceptors (Lipinski definition) is 8. The van der Waals surface area contributed by atoms with Crippen molar-refractivity contribution in [3.63, 3.8) is 0 Å². The quantitative estimate of drug-likeness (QED) is 0.132. The van der Waals surface area contributed by atoms with E-state index in [4.69, 9.17) is 21.1 Å². The van der Waals surface area contributed by atoms with Crippen molar-refractivity contribution in [3.05, 3.63) is 64.7 Å². The molecule has 3 rings (SSSR count). The van der Waals surface area contributed by atoms with Gasteiger partial charge in [0, 0.05) is 30.1 Å². The van der Waals surface area contributed by atoms with Crippen LogP contribution in [0, 0.1) is 5.92 Å². The first-order valence-corrected chi connectivity index (χ1v) is 16.2. The monoisotopic (exact) mass is 636 g/mol. The average molecular weight is 637 g/mol. The number of anilines is 1. The van der Waals surface area contributed by atoms with Gasteiger partial charge in [-0.2, -0.15) is 0 Å². The van der Waals surface area contributed by atoms with E-state index in [1.54, 1.807) is 39.0 Å². The average Bonchev–Trinajstić information content (AvgIpc) is 3.10. The molecule has 1 aliphatic rings. The van der Waals surface area contributed by atoms with Crippen LogP contribution in [0.1, 0.15) is 70.9 Å². The molecule has 1 amide bonds. The van der Waals surface area contributed by atoms with Crippen molar-refractivity contribution in [2.75, 3.05) is 24.6 Å². The normalized spacial score (nSPS) is 18.0. The molecule has 0 radical (unpaired) electrons. The van der Waals surface area contributed by atoms with E-state index in [0.717, 1.165) is 30.2 Å². The molecular formula is C32H45ClN2O7S. The van der Waals surface area contributed by atoms with Crippen molar-refractivity contribution < 1.29 is 33.8 Å². The van der Waals surface area contributed by atoms with Crippen molar-refractivity contribution in [1.82, 2.24) is 4.72 Å². The summed E-state index contributed by atoms with van der Waals surface area (Å²) in [5, 5.41) is 32.1. The summed E-state index contributed by atoms with van der Waals surface area (Å²) < 4.78 is 26.5. The van der Waals surface area contributed by atoms with E-state index in [1.165, 1.54) is 11.6 Å². The number of fused-ring (bicyclic) bond motifs is 1. The van der Waals surface area contributed by atoms with Gasteiger partial charge in [-0.15, -0.1) is 0 Å². The zero-order valence-corrected chi connectivity index (χ0v) is 27.2. The molecule has 43 heavy (non-hydrogen) atoms. The maximum atomic E-state index is 12.6. The lowest BCUT2D eigenvalue weighted by Gasteiger charge is -2.30. The van der Waals surface area contributed by atoms with Crippen LogP contribution in [0.25, 0.3) is 0 Å². The number of aryl methyl sites for hydroxylation is 1. The number of nitrogens with zero attached hydrogens (tertiary/aromatic N) is 1. The second-order valence-electron chi connectivity index (χ2n) is 11.9. The first-order valence-electron chi connectivity index (χ1n) is 14.7. The highest BCUT2D eigenvalue weighted by Crippen LogP contribution is 2.38. The summed E-state index contributed by atoms with van der Waals surface area (Å²) in [6.07, 6.45) is 4.94. The molecule has 9 nitrogen and oxygen atoms in total. The number of aliphatic hydroxyl groups is 3. The Balaban J connectivity index is 1.90. The van der Waals surface area contributed by atoms with Crippen molar-refractivity contribution in [2.24, 2.45) is 5.92 Å². The number of rotatable bonds is 14. The summed E-state index contributed by atoms with van der Waals surface area (Å²) in [4.78, 5) is 13.6. The smallest absolute Gasteiger partial charge is 0.300 e. The van der Waals surface area contributed by atoms with E-state index >= 15 is 0 Å². The standard InChI is InChI=1S/C32H45ClN2O7S/c1-6-8-23-17-25(33)9-11-27(23)24-19-35(28-18-26(43(40)34-21-36)10-12-30(28)41-20-24)16-14-22(7-2)29(37)13-15-32(38,39)42-31(3,4)5/h9-13,15,17-18,21-22,24,29,37-39H,6-8,14,16,19-20H2,1-5H3,(H,34,36)/b15-13+. The molecule has 2 aromatic rings. The highest BCUT2D eigenvalue weighted by atomic mass is 35.5. The van der Waals surface area contributed by atoms with Crippen LogP contribution in [-0.4, -0.2) is 63.3 Å². The zero-order valence-electron chi connectivity index (χ0n) is 25.6. The minimum Gasteiger partial charge on any atom is -0.491 e. The first-order chi connectivity index (χ1) is 20.3. The maximum Gasteiger partial charge on any atom is 0.300 e. The Kier molecular flexibility index (Phi) is 12.6. The highest BCUT2D eigenvalue weighted by molar-refractivity contribution is 7.83. The fourth-order valence-corrected chi connectivity index (χ4v) is 6.19. The zero-order chi connectivity index (χ0) is 31.8. The molecule has 0 saturated carbocycles. The Morgan fingerprint density at radius 3 is 2.60 bits per heavy atom. The first kappa shape index (κ1) is 35.0. The molecule has 238 valence electrons. The van der Waals surface area contributed by atoms with E-state index < -0.39 is 28.7 Å². The number of aliphatic hydroxyl groups excluding tert-OH is 1. The van der Waals surface area contributed by atoms with Gasteiger partial charge in [-0.05, 0) is 81.0 Å². The van der Waals surface area contributed by atoms with Crippen LogP contribution in [0.4, 0.5) is 5.69 Å². The number of hydrogen-bond donors (Lipinski definition) is 4. The number of nitrogens with one attached hydrogen (secondary N) is 1. The molecule has 4 unspecified atom stereocenters. The molecule has 0 aliphatic carbocycles. The second-order valence-corrected chi connectivity index (χ2v) is 13.5. The molecule has 0 saturated heterocycles. The minimum absolute atomic E-state index is 0.0112. The molecule has 1 aliphatic heterocycles. The van der Waals surface area contributed by atoms with Gasteiger partial charge in [0.25, 0.3) is 5.97 Å². The van der Waals surface area contributed by atoms with Crippen molar-refractivity contribution in [1.29, 1.82) is 0 Å². The molecular weight excluding hydrogens is 592 g/mol. The van der Waals surface area contributed by atoms with Gasteiger partial charge in [-0.3, -0.25) is 9.52 Å². The number of amides is 1. The fraction of sp³-hybridized carbons (Fsp3) is 0.531. The van der Waals surface area contributed by atoms with E-state index in [9.17, 15) is 24.3 Å². The topological polar surface area (TPSA) is 129 Å². The molecule has 0 aromatic heterocycles. The second kappa shape index (κ2) is 15.5. The van der Waals surface area contributed by atoms with Gasteiger partial charge in [-0.1, -0.05) is 50.4 Å². The van der Waals surface area contributed by atoms with Crippen LogP contribution in [0.5, 0.6) is 5.75 Å². The largest absolute Gasteiger partial charge is 0.491 e. The summed E-state index contributed by atoms with van der Waals surface area (Å²) in [5.41, 5.74) is 2.28. The SMILES string of the molecule is CCCc1cc(Cl)ccc1C1COc2ccc(S(=O)NC=O)cc2N(CCC(CC)C(O)/C=C/C(O)(O)OC(C)(C)C)C1. The predicted molar refractivity (Wildman–Crippen MR) is 169 cm³/mol. The number of carbonyl (C=O) groups is 1. The molecule has 0 bridgehead atoms. The van der Waals surface area contributed by atoms with Crippen LogP contribution >= 0.6 is 11.6 Å².